The van der Waals surface area contributed by atoms with Crippen molar-refractivity contribution in [2.75, 3.05) is 6.54 Å². The summed E-state index contributed by atoms with van der Waals surface area (Å²) in [5.41, 5.74) is 1.89. The molecule has 3 heterocycles. The number of benzene rings is 1. The molecule has 24 heavy (non-hydrogen) atoms. The topological polar surface area (TPSA) is 50.8 Å². The van der Waals surface area contributed by atoms with Gasteiger partial charge in [-0.1, -0.05) is 41.4 Å². The zero-order chi connectivity index (χ0) is 16.7. The molecule has 4 rings (SSSR count). The van der Waals surface area contributed by atoms with E-state index in [0.29, 0.717) is 6.54 Å². The normalized spacial score (nSPS) is 19.6. The quantitative estimate of drug-likeness (QED) is 0.671. The fraction of sp³-hybridized carbons (Fsp3) is 0.235. The SMILES string of the molecule is O=c1c(Cl)c(Cl)cnn1CC1CN1Cc1ccnc2ccccc12. The molecule has 2 unspecified atom stereocenters. The number of nitrogens with zero attached hydrogens (tertiary/aromatic N) is 4. The van der Waals surface area contributed by atoms with E-state index in [0.717, 1.165) is 24.0 Å². The molecule has 0 N–H and O–H groups in total. The molecule has 0 aliphatic carbocycles. The Balaban J connectivity index is 1.49. The maximum Gasteiger partial charge on any atom is 0.287 e. The molecular weight excluding hydrogens is 347 g/mol. The van der Waals surface area contributed by atoms with E-state index in [4.69, 9.17) is 23.2 Å². The molecule has 1 fully saturated rings. The molecule has 0 saturated carbocycles. The number of pyridine rings is 1. The predicted octanol–water partition coefficient (Wildman–Crippen LogP) is 2.98. The zero-order valence-corrected chi connectivity index (χ0v) is 14.2. The van der Waals surface area contributed by atoms with Gasteiger partial charge in [-0.15, -0.1) is 0 Å². The molecule has 2 atom stereocenters. The predicted molar refractivity (Wildman–Crippen MR) is 94.5 cm³/mol. The number of para-hydroxylation sites is 1. The first-order valence-electron chi connectivity index (χ1n) is 7.61. The molecule has 0 radical (unpaired) electrons. The maximum absolute atomic E-state index is 12.0. The van der Waals surface area contributed by atoms with E-state index >= 15 is 0 Å². The molecule has 3 aromatic rings. The lowest BCUT2D eigenvalue weighted by Crippen LogP contribution is -2.26. The van der Waals surface area contributed by atoms with Crippen LogP contribution in [-0.4, -0.2) is 32.3 Å². The molecule has 1 aromatic carbocycles. The van der Waals surface area contributed by atoms with Gasteiger partial charge in [0, 0.05) is 30.7 Å². The second kappa shape index (κ2) is 6.16. The molecule has 1 saturated heterocycles. The van der Waals surface area contributed by atoms with Crippen LogP contribution in [-0.2, 0) is 13.1 Å². The summed E-state index contributed by atoms with van der Waals surface area (Å²) in [7, 11) is 0. The lowest BCUT2D eigenvalue weighted by Gasteiger charge is -2.08. The third kappa shape index (κ3) is 2.90. The molecule has 2 aromatic heterocycles. The highest BCUT2D eigenvalue weighted by molar-refractivity contribution is 6.41. The monoisotopic (exact) mass is 360 g/mol. The van der Waals surface area contributed by atoms with E-state index in [2.05, 4.69) is 21.0 Å². The third-order valence-corrected chi connectivity index (χ3v) is 5.02. The maximum atomic E-state index is 12.0. The highest BCUT2D eigenvalue weighted by atomic mass is 35.5. The lowest BCUT2D eigenvalue weighted by atomic mass is 10.1. The van der Waals surface area contributed by atoms with E-state index in [9.17, 15) is 4.79 Å². The Hall–Kier alpha value is -1.95. The van der Waals surface area contributed by atoms with Crippen LogP contribution in [0.15, 0.2) is 47.5 Å². The average molecular weight is 361 g/mol. The molecule has 0 bridgehead atoms. The van der Waals surface area contributed by atoms with Gasteiger partial charge < -0.3 is 0 Å². The van der Waals surface area contributed by atoms with Gasteiger partial charge in [-0.2, -0.15) is 5.10 Å². The van der Waals surface area contributed by atoms with Crippen molar-refractivity contribution in [2.24, 2.45) is 0 Å². The number of hydrogen-bond donors (Lipinski definition) is 0. The summed E-state index contributed by atoms with van der Waals surface area (Å²) >= 11 is 11.7. The standard InChI is InChI=1S/C17H14Cl2N4O/c18-14-7-21-23(17(24)16(14)19)10-12-9-22(12)8-11-5-6-20-15-4-2-1-3-13(11)15/h1-7,12H,8-10H2. The van der Waals surface area contributed by atoms with Crippen molar-refractivity contribution in [3.8, 4) is 0 Å². The molecule has 7 heteroatoms. The van der Waals surface area contributed by atoms with Crippen LogP contribution in [0.2, 0.25) is 10.0 Å². The Labute approximate surface area is 148 Å². The number of rotatable bonds is 4. The van der Waals surface area contributed by atoms with Gasteiger partial charge in [0.05, 0.1) is 23.3 Å². The Morgan fingerprint density at radius 2 is 2.04 bits per heavy atom. The van der Waals surface area contributed by atoms with Crippen molar-refractivity contribution < 1.29 is 0 Å². The van der Waals surface area contributed by atoms with Crippen molar-refractivity contribution >= 4 is 34.1 Å². The molecular formula is C17H14Cl2N4O. The van der Waals surface area contributed by atoms with E-state index < -0.39 is 0 Å². The van der Waals surface area contributed by atoms with Gasteiger partial charge in [-0.25, -0.2) is 4.68 Å². The minimum absolute atomic E-state index is 0.0268. The van der Waals surface area contributed by atoms with Crippen LogP contribution < -0.4 is 5.56 Å². The second-order valence-electron chi connectivity index (χ2n) is 5.86. The van der Waals surface area contributed by atoms with Gasteiger partial charge in [-0.3, -0.25) is 14.7 Å². The fourth-order valence-corrected chi connectivity index (χ4v) is 3.15. The highest BCUT2D eigenvalue weighted by Crippen LogP contribution is 2.26. The van der Waals surface area contributed by atoms with Crippen LogP contribution in [0.4, 0.5) is 0 Å². The Morgan fingerprint density at radius 1 is 1.21 bits per heavy atom. The van der Waals surface area contributed by atoms with Gasteiger partial charge in [0.15, 0.2) is 0 Å². The van der Waals surface area contributed by atoms with Crippen LogP contribution in [0.1, 0.15) is 5.56 Å². The molecule has 1 aliphatic heterocycles. The van der Waals surface area contributed by atoms with Gasteiger partial charge in [0.2, 0.25) is 0 Å². The first kappa shape index (κ1) is 15.6. The van der Waals surface area contributed by atoms with Crippen LogP contribution in [0.3, 0.4) is 0 Å². The van der Waals surface area contributed by atoms with Crippen LogP contribution in [0.25, 0.3) is 10.9 Å². The Kier molecular flexibility index (Phi) is 4.00. The fourth-order valence-electron chi connectivity index (χ4n) is 2.88. The van der Waals surface area contributed by atoms with E-state index in [-0.39, 0.29) is 21.6 Å². The van der Waals surface area contributed by atoms with Gasteiger partial charge >= 0.3 is 0 Å². The molecule has 0 amide bonds. The van der Waals surface area contributed by atoms with E-state index in [1.165, 1.54) is 16.4 Å². The first-order chi connectivity index (χ1) is 11.6. The van der Waals surface area contributed by atoms with Crippen molar-refractivity contribution in [1.82, 2.24) is 19.7 Å². The summed E-state index contributed by atoms with van der Waals surface area (Å²) in [5, 5.41) is 5.44. The van der Waals surface area contributed by atoms with Crippen LogP contribution in [0.5, 0.6) is 0 Å². The summed E-state index contributed by atoms with van der Waals surface area (Å²) in [4.78, 5) is 18.7. The summed E-state index contributed by atoms with van der Waals surface area (Å²) < 4.78 is 1.38. The second-order valence-corrected chi connectivity index (χ2v) is 6.65. The lowest BCUT2D eigenvalue weighted by molar-refractivity contribution is 0.447. The molecule has 0 spiro atoms. The summed E-state index contributed by atoms with van der Waals surface area (Å²) in [6.07, 6.45) is 3.25. The summed E-state index contributed by atoms with van der Waals surface area (Å²) in [5.74, 6) is 0. The zero-order valence-electron chi connectivity index (χ0n) is 12.7. The van der Waals surface area contributed by atoms with Crippen LogP contribution >= 0.6 is 23.2 Å². The summed E-state index contributed by atoms with van der Waals surface area (Å²) in [6.45, 7) is 2.26. The van der Waals surface area contributed by atoms with Crippen molar-refractivity contribution in [2.45, 2.75) is 19.1 Å². The minimum atomic E-state index is -0.342. The van der Waals surface area contributed by atoms with E-state index in [1.54, 1.807) is 0 Å². The number of aromatic nitrogens is 3. The van der Waals surface area contributed by atoms with Gasteiger partial charge in [0.1, 0.15) is 5.02 Å². The largest absolute Gasteiger partial charge is 0.291 e. The Morgan fingerprint density at radius 3 is 2.92 bits per heavy atom. The molecule has 1 aliphatic rings. The molecule has 5 nitrogen and oxygen atoms in total. The minimum Gasteiger partial charge on any atom is -0.291 e. The number of hydrogen-bond acceptors (Lipinski definition) is 4. The number of fused-ring (bicyclic) bond motifs is 1. The van der Waals surface area contributed by atoms with Gasteiger partial charge in [-0.05, 0) is 17.7 Å². The smallest absolute Gasteiger partial charge is 0.287 e. The first-order valence-corrected chi connectivity index (χ1v) is 8.37. The van der Waals surface area contributed by atoms with Crippen molar-refractivity contribution in [1.29, 1.82) is 0 Å². The van der Waals surface area contributed by atoms with Crippen molar-refractivity contribution in [3.63, 3.8) is 0 Å². The highest BCUT2D eigenvalue weighted by Gasteiger charge is 2.35. The Bertz CT molecular complexity index is 967. The van der Waals surface area contributed by atoms with Crippen LogP contribution in [0, 0.1) is 0 Å². The van der Waals surface area contributed by atoms with Crippen molar-refractivity contribution in [3.05, 3.63) is 68.7 Å². The molecule has 122 valence electrons. The average Bonchev–Trinajstić information content (AvgIpc) is 3.33. The van der Waals surface area contributed by atoms with E-state index in [1.807, 2.05) is 30.5 Å². The summed E-state index contributed by atoms with van der Waals surface area (Å²) in [6, 6.07) is 10.4. The van der Waals surface area contributed by atoms with Gasteiger partial charge in [0.25, 0.3) is 5.56 Å². The number of halogens is 2. The third-order valence-electron chi connectivity index (χ3n) is 4.27.